The Morgan fingerprint density at radius 2 is 2.12 bits per heavy atom. The number of hydrogen-bond donors (Lipinski definition) is 0. The van der Waals surface area contributed by atoms with Gasteiger partial charge in [-0.3, -0.25) is 4.79 Å². The molecule has 0 bridgehead atoms. The molecule has 1 heterocycles. The monoisotopic (exact) mass is 232 g/mol. The Morgan fingerprint density at radius 3 is 2.65 bits per heavy atom. The molecule has 17 heavy (non-hydrogen) atoms. The highest BCUT2D eigenvalue weighted by molar-refractivity contribution is 5.79. The second-order valence-corrected chi connectivity index (χ2v) is 4.24. The van der Waals surface area contributed by atoms with Crippen LogP contribution in [0.1, 0.15) is 49.9 Å². The topological polar surface area (TPSA) is 42.9 Å². The maximum Gasteiger partial charge on any atom is 0.133 e. The third-order valence-corrected chi connectivity index (χ3v) is 2.87. The van der Waals surface area contributed by atoms with Crippen molar-refractivity contribution in [3.8, 4) is 0 Å². The predicted molar refractivity (Wildman–Crippen MR) is 68.9 cm³/mol. The van der Waals surface area contributed by atoms with Gasteiger partial charge < -0.3 is 0 Å². The lowest BCUT2D eigenvalue weighted by Crippen LogP contribution is -2.07. The van der Waals surface area contributed by atoms with E-state index in [1.165, 1.54) is 0 Å². The molecule has 0 amide bonds. The molecule has 3 heteroatoms. The smallest absolute Gasteiger partial charge is 0.133 e. The molecule has 0 saturated carbocycles. The number of aryl methyl sites for hydroxylation is 1. The minimum absolute atomic E-state index is 0.243. The number of allylic oxidation sites excluding steroid dienone is 1. The molecule has 0 radical (unpaired) electrons. The van der Waals surface area contributed by atoms with E-state index >= 15 is 0 Å². The zero-order valence-corrected chi connectivity index (χ0v) is 10.6. The highest BCUT2D eigenvalue weighted by Crippen LogP contribution is 2.23. The summed E-state index contributed by atoms with van der Waals surface area (Å²) in [5.74, 6) is 1.30. The summed E-state index contributed by atoms with van der Waals surface area (Å²) in [7, 11) is 0. The summed E-state index contributed by atoms with van der Waals surface area (Å²) in [6.07, 6.45) is 8.32. The number of hydrogen-bond acceptors (Lipinski definition) is 3. The summed E-state index contributed by atoms with van der Waals surface area (Å²) >= 11 is 0. The molecular formula is C14H20N2O. The number of aromatic nitrogens is 2. The lowest BCUT2D eigenvalue weighted by atomic mass is 9.92. The van der Waals surface area contributed by atoms with Crippen molar-refractivity contribution in [2.75, 3.05) is 0 Å². The molecule has 1 unspecified atom stereocenters. The SMILES string of the molecule is C=CCCC(=O)CC(CC)c1cnc(C)nc1. The number of rotatable bonds is 7. The average Bonchev–Trinajstić information content (AvgIpc) is 2.34. The highest BCUT2D eigenvalue weighted by atomic mass is 16.1. The number of carbonyl (C=O) groups is 1. The van der Waals surface area contributed by atoms with Gasteiger partial charge in [-0.2, -0.15) is 0 Å². The Bertz CT molecular complexity index is 370. The van der Waals surface area contributed by atoms with E-state index in [1.807, 2.05) is 19.3 Å². The molecule has 0 aliphatic heterocycles. The molecule has 0 aliphatic rings. The van der Waals surface area contributed by atoms with E-state index < -0.39 is 0 Å². The Kier molecular flexibility index (Phi) is 5.53. The van der Waals surface area contributed by atoms with Crippen LogP contribution < -0.4 is 0 Å². The van der Waals surface area contributed by atoms with E-state index in [4.69, 9.17) is 0 Å². The van der Waals surface area contributed by atoms with Crippen LogP contribution in [0.5, 0.6) is 0 Å². The predicted octanol–water partition coefficient (Wildman–Crippen LogP) is 3.20. The standard InChI is InChI=1S/C14H20N2O/c1-4-6-7-14(17)8-12(5-2)13-9-15-11(3)16-10-13/h4,9-10,12H,1,5-8H2,2-3H3. The number of carbonyl (C=O) groups excluding carboxylic acids is 1. The first-order valence-electron chi connectivity index (χ1n) is 6.08. The fourth-order valence-electron chi connectivity index (χ4n) is 1.75. The van der Waals surface area contributed by atoms with Crippen molar-refractivity contribution in [1.29, 1.82) is 0 Å². The minimum Gasteiger partial charge on any atom is -0.300 e. The quantitative estimate of drug-likeness (QED) is 0.678. The number of Topliss-reactive ketones (excluding diaryl/α,β-unsaturated/α-hetero) is 1. The molecule has 92 valence electrons. The van der Waals surface area contributed by atoms with Gasteiger partial charge in [-0.25, -0.2) is 9.97 Å². The van der Waals surface area contributed by atoms with Crippen molar-refractivity contribution >= 4 is 5.78 Å². The normalized spacial score (nSPS) is 12.1. The maximum atomic E-state index is 11.7. The van der Waals surface area contributed by atoms with Crippen LogP contribution in [0.25, 0.3) is 0 Å². The van der Waals surface area contributed by atoms with Gasteiger partial charge in [0.25, 0.3) is 0 Å². The van der Waals surface area contributed by atoms with E-state index in [0.717, 1.165) is 24.2 Å². The molecular weight excluding hydrogens is 212 g/mol. The number of nitrogens with zero attached hydrogens (tertiary/aromatic N) is 2. The van der Waals surface area contributed by atoms with Gasteiger partial charge in [0, 0.05) is 25.2 Å². The second-order valence-electron chi connectivity index (χ2n) is 4.24. The van der Waals surface area contributed by atoms with Crippen LogP contribution in [0.3, 0.4) is 0 Å². The van der Waals surface area contributed by atoms with Crippen LogP contribution >= 0.6 is 0 Å². The van der Waals surface area contributed by atoms with Crippen molar-refractivity contribution in [3.05, 3.63) is 36.4 Å². The van der Waals surface area contributed by atoms with Crippen molar-refractivity contribution in [2.24, 2.45) is 0 Å². The van der Waals surface area contributed by atoms with Crippen molar-refractivity contribution < 1.29 is 4.79 Å². The summed E-state index contributed by atoms with van der Waals surface area (Å²) in [6, 6.07) is 0. The van der Waals surface area contributed by atoms with E-state index in [2.05, 4.69) is 23.5 Å². The summed E-state index contributed by atoms with van der Waals surface area (Å²) in [5, 5.41) is 0. The first-order valence-corrected chi connectivity index (χ1v) is 6.08. The Balaban J connectivity index is 2.62. The molecule has 1 rings (SSSR count). The van der Waals surface area contributed by atoms with E-state index in [1.54, 1.807) is 6.08 Å². The highest BCUT2D eigenvalue weighted by Gasteiger charge is 2.14. The lowest BCUT2D eigenvalue weighted by Gasteiger charge is -2.13. The third kappa shape index (κ3) is 4.47. The fraction of sp³-hybridized carbons (Fsp3) is 0.500. The zero-order chi connectivity index (χ0) is 12.7. The molecule has 0 aromatic carbocycles. The van der Waals surface area contributed by atoms with Gasteiger partial charge in [0.15, 0.2) is 0 Å². The molecule has 0 saturated heterocycles. The molecule has 3 nitrogen and oxygen atoms in total. The van der Waals surface area contributed by atoms with Gasteiger partial charge in [0.2, 0.25) is 0 Å². The molecule has 0 fully saturated rings. The maximum absolute atomic E-state index is 11.7. The van der Waals surface area contributed by atoms with E-state index in [9.17, 15) is 4.79 Å². The molecule has 1 aromatic rings. The Hall–Kier alpha value is -1.51. The minimum atomic E-state index is 0.243. The van der Waals surface area contributed by atoms with Gasteiger partial charge in [-0.1, -0.05) is 13.0 Å². The summed E-state index contributed by atoms with van der Waals surface area (Å²) < 4.78 is 0. The van der Waals surface area contributed by atoms with Crippen LogP contribution in [0.4, 0.5) is 0 Å². The van der Waals surface area contributed by atoms with Crippen molar-refractivity contribution in [2.45, 2.75) is 45.4 Å². The molecule has 1 atom stereocenters. The van der Waals surface area contributed by atoms with Crippen LogP contribution in [0.15, 0.2) is 25.0 Å². The van der Waals surface area contributed by atoms with Gasteiger partial charge >= 0.3 is 0 Å². The van der Waals surface area contributed by atoms with Gasteiger partial charge in [0.05, 0.1) is 0 Å². The van der Waals surface area contributed by atoms with Crippen LogP contribution in [0, 0.1) is 6.92 Å². The van der Waals surface area contributed by atoms with Crippen LogP contribution in [-0.2, 0) is 4.79 Å². The Morgan fingerprint density at radius 1 is 1.47 bits per heavy atom. The largest absolute Gasteiger partial charge is 0.300 e. The first-order chi connectivity index (χ1) is 8.17. The third-order valence-electron chi connectivity index (χ3n) is 2.87. The number of ketones is 1. The Labute approximate surface area is 103 Å². The van der Waals surface area contributed by atoms with E-state index in [0.29, 0.717) is 12.8 Å². The van der Waals surface area contributed by atoms with E-state index in [-0.39, 0.29) is 11.7 Å². The lowest BCUT2D eigenvalue weighted by molar-refractivity contribution is -0.119. The van der Waals surface area contributed by atoms with Gasteiger partial charge in [0.1, 0.15) is 11.6 Å². The van der Waals surface area contributed by atoms with Crippen molar-refractivity contribution in [3.63, 3.8) is 0 Å². The van der Waals surface area contributed by atoms with Crippen molar-refractivity contribution in [1.82, 2.24) is 9.97 Å². The molecule has 0 N–H and O–H groups in total. The summed E-state index contributed by atoms with van der Waals surface area (Å²) in [4.78, 5) is 20.1. The summed E-state index contributed by atoms with van der Waals surface area (Å²) in [6.45, 7) is 7.58. The van der Waals surface area contributed by atoms with Crippen LogP contribution in [0.2, 0.25) is 0 Å². The molecule has 1 aromatic heterocycles. The van der Waals surface area contributed by atoms with Gasteiger partial charge in [-0.15, -0.1) is 6.58 Å². The molecule has 0 aliphatic carbocycles. The fourth-order valence-corrected chi connectivity index (χ4v) is 1.75. The van der Waals surface area contributed by atoms with Crippen LogP contribution in [-0.4, -0.2) is 15.8 Å². The molecule has 0 spiro atoms. The van der Waals surface area contributed by atoms with Gasteiger partial charge in [-0.05, 0) is 31.2 Å². The first kappa shape index (κ1) is 13.6. The second kappa shape index (κ2) is 6.94. The average molecular weight is 232 g/mol. The summed E-state index contributed by atoms with van der Waals surface area (Å²) in [5.41, 5.74) is 1.06. The zero-order valence-electron chi connectivity index (χ0n) is 10.6.